The molecular formula is C19H29N3O6. The lowest BCUT2D eigenvalue weighted by Gasteiger charge is -2.50. The second kappa shape index (κ2) is 7.81. The van der Waals surface area contributed by atoms with Gasteiger partial charge in [0.05, 0.1) is 29.8 Å². The number of hydrogen-bond acceptors (Lipinski definition) is 6. The van der Waals surface area contributed by atoms with Gasteiger partial charge in [-0.05, 0) is 38.7 Å². The van der Waals surface area contributed by atoms with Gasteiger partial charge in [0.2, 0.25) is 5.91 Å². The van der Waals surface area contributed by atoms with Crippen LogP contribution in [0.25, 0.3) is 0 Å². The summed E-state index contributed by atoms with van der Waals surface area (Å²) in [6, 6.07) is 1.88. The Balaban J connectivity index is 0.000000706. The van der Waals surface area contributed by atoms with Gasteiger partial charge in [-0.2, -0.15) is 5.10 Å². The highest BCUT2D eigenvalue weighted by atomic mass is 16.5. The number of aromatic nitrogens is 2. The highest BCUT2D eigenvalue weighted by Crippen LogP contribution is 2.49. The molecule has 4 rings (SSSR count). The zero-order valence-corrected chi connectivity index (χ0v) is 16.2. The third-order valence-corrected chi connectivity index (χ3v) is 6.24. The molecule has 3 heterocycles. The molecule has 1 aromatic rings. The van der Waals surface area contributed by atoms with E-state index in [1.54, 1.807) is 13.1 Å². The molecule has 0 radical (unpaired) electrons. The van der Waals surface area contributed by atoms with Crippen LogP contribution in [0.5, 0.6) is 0 Å². The maximum absolute atomic E-state index is 13.0. The first kappa shape index (κ1) is 20.8. The fraction of sp³-hybridized carbons (Fsp3) is 0.737. The molecule has 156 valence electrons. The van der Waals surface area contributed by atoms with Crippen molar-refractivity contribution in [3.05, 3.63) is 18.5 Å². The lowest BCUT2D eigenvalue weighted by atomic mass is 9.76. The molecule has 1 saturated carbocycles. The number of carbonyl (C=O) groups excluding carboxylic acids is 1. The van der Waals surface area contributed by atoms with Gasteiger partial charge in [-0.1, -0.05) is 0 Å². The fourth-order valence-corrected chi connectivity index (χ4v) is 4.32. The lowest BCUT2D eigenvalue weighted by molar-refractivity contribution is -0.223. The minimum Gasteiger partial charge on any atom is -0.483 e. The Kier molecular flexibility index (Phi) is 5.79. The number of nitrogens with zero attached hydrogens (tertiary/aromatic N) is 3. The number of rotatable bonds is 3. The molecule has 9 nitrogen and oxygen atoms in total. The number of carbonyl (C=O) groups is 2. The monoisotopic (exact) mass is 395 g/mol. The van der Waals surface area contributed by atoms with E-state index < -0.39 is 17.3 Å². The van der Waals surface area contributed by atoms with Gasteiger partial charge in [-0.15, -0.1) is 0 Å². The molecule has 9 heteroatoms. The van der Waals surface area contributed by atoms with Crippen LogP contribution in [-0.4, -0.2) is 79.4 Å². The van der Waals surface area contributed by atoms with Crippen molar-refractivity contribution in [2.75, 3.05) is 19.7 Å². The van der Waals surface area contributed by atoms with Crippen LogP contribution in [0.1, 0.15) is 39.0 Å². The van der Waals surface area contributed by atoms with E-state index in [2.05, 4.69) is 5.10 Å². The van der Waals surface area contributed by atoms with E-state index in [1.165, 1.54) is 0 Å². The molecule has 1 aromatic heterocycles. The summed E-state index contributed by atoms with van der Waals surface area (Å²) in [6.07, 6.45) is 6.48. The Morgan fingerprint density at radius 2 is 1.96 bits per heavy atom. The first-order valence-corrected chi connectivity index (χ1v) is 9.65. The summed E-state index contributed by atoms with van der Waals surface area (Å²) in [6.45, 7) is 3.52. The SMILES string of the molecule is C[C@]1(O)CC2(CCN(C(=O)C3(Cn4cccn4)CC3)CC2)OC[C@@H]1O.O=CO. The molecule has 3 N–H and O–H groups in total. The quantitative estimate of drug-likeness (QED) is 0.627. The third-order valence-electron chi connectivity index (χ3n) is 6.24. The zero-order valence-electron chi connectivity index (χ0n) is 16.2. The number of carboxylic acid groups (broad SMARTS) is 1. The predicted molar refractivity (Wildman–Crippen MR) is 98.3 cm³/mol. The number of aliphatic hydroxyl groups excluding tert-OH is 1. The summed E-state index contributed by atoms with van der Waals surface area (Å²) >= 11 is 0. The summed E-state index contributed by atoms with van der Waals surface area (Å²) in [5.74, 6) is 0.223. The summed E-state index contributed by atoms with van der Waals surface area (Å²) in [5.41, 5.74) is -1.83. The predicted octanol–water partition coefficient (Wildman–Crippen LogP) is 0.258. The number of ether oxygens (including phenoxy) is 1. The van der Waals surface area contributed by atoms with Crippen LogP contribution in [0, 0.1) is 5.41 Å². The van der Waals surface area contributed by atoms with E-state index in [-0.39, 0.29) is 24.4 Å². The fourth-order valence-electron chi connectivity index (χ4n) is 4.32. The van der Waals surface area contributed by atoms with Crippen molar-refractivity contribution in [1.82, 2.24) is 14.7 Å². The number of likely N-dealkylation sites (tertiary alicyclic amines) is 1. The minimum absolute atomic E-state index is 0.157. The van der Waals surface area contributed by atoms with E-state index in [4.69, 9.17) is 14.6 Å². The van der Waals surface area contributed by atoms with E-state index >= 15 is 0 Å². The molecule has 2 atom stereocenters. The second-order valence-electron chi connectivity index (χ2n) is 8.43. The van der Waals surface area contributed by atoms with Crippen molar-refractivity contribution in [1.29, 1.82) is 0 Å². The van der Waals surface area contributed by atoms with E-state index in [1.807, 2.05) is 21.8 Å². The van der Waals surface area contributed by atoms with Gasteiger partial charge in [0.1, 0.15) is 6.10 Å². The standard InChI is InChI=1S/C18H27N3O4.CH2O2/c1-16(24)12-18(25-11-14(16)22)5-9-20(10-6-18)15(23)17(3-4-17)13-21-8-2-7-19-21;2-1-3/h2,7-8,14,22,24H,3-6,9-13H2,1H3;1H,(H,2,3)/t14-,16-;/m0./s1. The van der Waals surface area contributed by atoms with Crippen molar-refractivity contribution in [3.8, 4) is 0 Å². The third kappa shape index (κ3) is 4.21. The normalized spacial score (nSPS) is 30.2. The Morgan fingerprint density at radius 1 is 1.32 bits per heavy atom. The van der Waals surface area contributed by atoms with Crippen LogP contribution in [0.3, 0.4) is 0 Å². The molecule has 1 amide bonds. The Morgan fingerprint density at radius 3 is 2.46 bits per heavy atom. The van der Waals surface area contributed by atoms with E-state index in [0.717, 1.165) is 12.8 Å². The molecule has 3 aliphatic rings. The summed E-state index contributed by atoms with van der Waals surface area (Å²) in [4.78, 5) is 23.3. The maximum atomic E-state index is 13.0. The molecule has 2 aliphatic heterocycles. The molecule has 1 spiro atoms. The summed E-state index contributed by atoms with van der Waals surface area (Å²) < 4.78 is 7.75. The molecule has 0 aromatic carbocycles. The Hall–Kier alpha value is -1.97. The molecule has 2 saturated heterocycles. The number of piperidine rings is 1. The first-order chi connectivity index (χ1) is 13.3. The van der Waals surface area contributed by atoms with Crippen LogP contribution in [0.4, 0.5) is 0 Å². The van der Waals surface area contributed by atoms with Gasteiger partial charge >= 0.3 is 0 Å². The highest BCUT2D eigenvalue weighted by Gasteiger charge is 2.54. The summed E-state index contributed by atoms with van der Waals surface area (Å²) in [7, 11) is 0. The average Bonchev–Trinajstić information content (AvgIpc) is 3.25. The van der Waals surface area contributed by atoms with Crippen molar-refractivity contribution in [2.24, 2.45) is 5.41 Å². The lowest BCUT2D eigenvalue weighted by Crippen LogP contribution is -2.60. The van der Waals surface area contributed by atoms with Crippen molar-refractivity contribution in [2.45, 2.75) is 62.9 Å². The van der Waals surface area contributed by atoms with Gasteiger partial charge < -0.3 is 25.0 Å². The van der Waals surface area contributed by atoms with Crippen molar-refractivity contribution in [3.63, 3.8) is 0 Å². The highest BCUT2D eigenvalue weighted by molar-refractivity contribution is 5.85. The maximum Gasteiger partial charge on any atom is 0.290 e. The molecule has 28 heavy (non-hydrogen) atoms. The number of aliphatic hydroxyl groups is 2. The molecular weight excluding hydrogens is 366 g/mol. The van der Waals surface area contributed by atoms with Crippen molar-refractivity contribution >= 4 is 12.4 Å². The van der Waals surface area contributed by atoms with Gasteiger partial charge in [0.15, 0.2) is 0 Å². The number of hydrogen-bond donors (Lipinski definition) is 3. The van der Waals surface area contributed by atoms with Gasteiger partial charge in [0, 0.05) is 31.9 Å². The van der Waals surface area contributed by atoms with E-state index in [0.29, 0.717) is 38.9 Å². The molecule has 3 fully saturated rings. The molecule has 1 aliphatic carbocycles. The van der Waals surface area contributed by atoms with E-state index in [9.17, 15) is 15.0 Å². The minimum atomic E-state index is -1.12. The van der Waals surface area contributed by atoms with Crippen LogP contribution in [-0.2, 0) is 20.9 Å². The average molecular weight is 395 g/mol. The zero-order chi connectivity index (χ0) is 20.4. The molecule has 0 unspecified atom stereocenters. The summed E-state index contributed by atoms with van der Waals surface area (Å²) in [5, 5.41) is 31.4. The molecule has 0 bridgehead atoms. The van der Waals surface area contributed by atoms with Crippen LogP contribution in [0.15, 0.2) is 18.5 Å². The van der Waals surface area contributed by atoms with Crippen molar-refractivity contribution < 1.29 is 29.6 Å². The topological polar surface area (TPSA) is 125 Å². The Bertz CT molecular complexity index is 678. The van der Waals surface area contributed by atoms with Gasteiger partial charge in [-0.3, -0.25) is 14.3 Å². The van der Waals surface area contributed by atoms with Crippen LogP contribution >= 0.6 is 0 Å². The Labute approximate surface area is 163 Å². The smallest absolute Gasteiger partial charge is 0.290 e. The van der Waals surface area contributed by atoms with Gasteiger partial charge in [-0.25, -0.2) is 0 Å². The van der Waals surface area contributed by atoms with Crippen LogP contribution in [0.2, 0.25) is 0 Å². The number of amides is 1. The largest absolute Gasteiger partial charge is 0.483 e. The van der Waals surface area contributed by atoms with Gasteiger partial charge in [0.25, 0.3) is 6.47 Å². The first-order valence-electron chi connectivity index (χ1n) is 9.65. The second-order valence-corrected chi connectivity index (χ2v) is 8.43. The van der Waals surface area contributed by atoms with Crippen LogP contribution < -0.4 is 0 Å².